The van der Waals surface area contributed by atoms with E-state index in [1.807, 2.05) is 0 Å². The molecule has 0 aromatic heterocycles. The van der Waals surface area contributed by atoms with Crippen LogP contribution in [0.3, 0.4) is 0 Å². The lowest BCUT2D eigenvalue weighted by atomic mass is 10.2. The average molecular weight is 254 g/mol. The Bertz CT molecular complexity index is 220. The molecule has 1 heterocycles. The van der Waals surface area contributed by atoms with E-state index in [1.165, 1.54) is 38.8 Å². The molecule has 0 unspecified atom stereocenters. The predicted octanol–water partition coefficient (Wildman–Crippen LogP) is 1.83. The maximum Gasteiger partial charge on any atom is 0.191 e. The van der Waals surface area contributed by atoms with E-state index in [-0.39, 0.29) is 0 Å². The Kier molecular flexibility index (Phi) is 8.65. The first-order valence-corrected chi connectivity index (χ1v) is 7.61. The Hall–Kier alpha value is -0.770. The predicted molar refractivity (Wildman–Crippen MR) is 79.2 cm³/mol. The third kappa shape index (κ3) is 6.84. The van der Waals surface area contributed by atoms with E-state index >= 15 is 0 Å². The molecule has 0 amide bonds. The van der Waals surface area contributed by atoms with Gasteiger partial charge >= 0.3 is 0 Å². The molecule has 1 aliphatic rings. The van der Waals surface area contributed by atoms with Crippen LogP contribution in [0.4, 0.5) is 0 Å². The van der Waals surface area contributed by atoms with Gasteiger partial charge in [0.2, 0.25) is 0 Å². The third-order valence-electron chi connectivity index (χ3n) is 3.26. The minimum Gasteiger partial charge on any atom is -0.357 e. The summed E-state index contributed by atoms with van der Waals surface area (Å²) in [5.41, 5.74) is 0. The van der Waals surface area contributed by atoms with Crippen LogP contribution < -0.4 is 10.6 Å². The van der Waals surface area contributed by atoms with E-state index in [0.29, 0.717) is 0 Å². The van der Waals surface area contributed by atoms with Crippen molar-refractivity contribution in [1.82, 2.24) is 15.5 Å². The lowest BCUT2D eigenvalue weighted by molar-refractivity contribution is 0.289. The number of nitrogens with zero attached hydrogens (tertiary/aromatic N) is 2. The first-order valence-electron chi connectivity index (χ1n) is 7.61. The fourth-order valence-electron chi connectivity index (χ4n) is 2.26. The zero-order chi connectivity index (χ0) is 13.1. The largest absolute Gasteiger partial charge is 0.357 e. The summed E-state index contributed by atoms with van der Waals surface area (Å²) in [6.45, 7) is 10.8. The lowest BCUT2D eigenvalue weighted by Gasteiger charge is -2.20. The van der Waals surface area contributed by atoms with Crippen LogP contribution in [0, 0.1) is 0 Å². The normalized spacial score (nSPS) is 18.4. The van der Waals surface area contributed by atoms with Gasteiger partial charge in [0, 0.05) is 26.2 Å². The Morgan fingerprint density at radius 2 is 1.78 bits per heavy atom. The van der Waals surface area contributed by atoms with Crippen molar-refractivity contribution in [3.8, 4) is 0 Å². The highest BCUT2D eigenvalue weighted by Crippen LogP contribution is 2.08. The van der Waals surface area contributed by atoms with Crippen molar-refractivity contribution in [1.29, 1.82) is 0 Å². The number of aliphatic imine (C=N–C) groups is 1. The second-order valence-corrected chi connectivity index (χ2v) is 4.94. The highest BCUT2D eigenvalue weighted by Gasteiger charge is 2.08. The zero-order valence-electron chi connectivity index (χ0n) is 12.2. The molecule has 1 aliphatic heterocycles. The number of hydrogen-bond acceptors (Lipinski definition) is 2. The summed E-state index contributed by atoms with van der Waals surface area (Å²) in [5, 5.41) is 6.71. The summed E-state index contributed by atoms with van der Waals surface area (Å²) in [6, 6.07) is 0. The molecule has 18 heavy (non-hydrogen) atoms. The van der Waals surface area contributed by atoms with Crippen LogP contribution in [0.5, 0.6) is 0 Å². The van der Waals surface area contributed by atoms with Crippen molar-refractivity contribution < 1.29 is 0 Å². The van der Waals surface area contributed by atoms with Crippen LogP contribution in [-0.2, 0) is 0 Å². The third-order valence-corrected chi connectivity index (χ3v) is 3.26. The van der Waals surface area contributed by atoms with Crippen molar-refractivity contribution in [3.05, 3.63) is 0 Å². The van der Waals surface area contributed by atoms with Crippen LogP contribution in [0.1, 0.15) is 46.0 Å². The molecule has 1 saturated heterocycles. The molecule has 0 saturated carbocycles. The van der Waals surface area contributed by atoms with Gasteiger partial charge in [-0.1, -0.05) is 19.8 Å². The van der Waals surface area contributed by atoms with E-state index in [0.717, 1.165) is 38.6 Å². The van der Waals surface area contributed by atoms with Gasteiger partial charge in [0.05, 0.1) is 0 Å². The summed E-state index contributed by atoms with van der Waals surface area (Å²) in [6.07, 6.45) is 6.64. The molecule has 4 nitrogen and oxygen atoms in total. The van der Waals surface area contributed by atoms with Crippen molar-refractivity contribution in [2.24, 2.45) is 4.99 Å². The molecule has 106 valence electrons. The number of nitrogens with one attached hydrogen (secondary N) is 2. The summed E-state index contributed by atoms with van der Waals surface area (Å²) in [7, 11) is 0. The lowest BCUT2D eigenvalue weighted by Crippen LogP contribution is -2.41. The smallest absolute Gasteiger partial charge is 0.191 e. The Morgan fingerprint density at radius 3 is 2.39 bits per heavy atom. The molecule has 0 spiro atoms. The second-order valence-electron chi connectivity index (χ2n) is 4.94. The molecule has 0 aromatic rings. The summed E-state index contributed by atoms with van der Waals surface area (Å²) in [5.74, 6) is 0.967. The molecule has 0 atom stereocenters. The number of hydrogen-bond donors (Lipinski definition) is 2. The van der Waals surface area contributed by atoms with Gasteiger partial charge < -0.3 is 15.5 Å². The molecule has 1 fully saturated rings. The molecule has 0 bridgehead atoms. The first-order chi connectivity index (χ1) is 8.86. The van der Waals surface area contributed by atoms with E-state index in [4.69, 9.17) is 0 Å². The molecule has 0 aromatic carbocycles. The topological polar surface area (TPSA) is 39.7 Å². The first kappa shape index (κ1) is 15.3. The van der Waals surface area contributed by atoms with Crippen molar-refractivity contribution >= 4 is 5.96 Å². The van der Waals surface area contributed by atoms with Gasteiger partial charge in [0.1, 0.15) is 0 Å². The van der Waals surface area contributed by atoms with Gasteiger partial charge in [-0.25, -0.2) is 0 Å². The molecule has 0 aliphatic carbocycles. The SMILES string of the molecule is CCCN=C(NCC)NCCN1CCCCCC1. The number of guanidine groups is 1. The highest BCUT2D eigenvalue weighted by molar-refractivity contribution is 5.79. The average Bonchev–Trinajstić information content (AvgIpc) is 2.64. The summed E-state index contributed by atoms with van der Waals surface area (Å²) < 4.78 is 0. The molecular formula is C14H30N4. The van der Waals surface area contributed by atoms with Crippen LogP contribution in [0.2, 0.25) is 0 Å². The van der Waals surface area contributed by atoms with Crippen LogP contribution in [-0.4, -0.2) is 50.1 Å². The van der Waals surface area contributed by atoms with E-state index in [2.05, 4.69) is 34.4 Å². The monoisotopic (exact) mass is 254 g/mol. The van der Waals surface area contributed by atoms with E-state index in [9.17, 15) is 0 Å². The fraction of sp³-hybridized carbons (Fsp3) is 0.929. The fourth-order valence-corrected chi connectivity index (χ4v) is 2.26. The zero-order valence-corrected chi connectivity index (χ0v) is 12.2. The Balaban J connectivity index is 2.20. The van der Waals surface area contributed by atoms with Gasteiger partial charge in [0.15, 0.2) is 5.96 Å². The molecule has 2 N–H and O–H groups in total. The van der Waals surface area contributed by atoms with E-state index < -0.39 is 0 Å². The summed E-state index contributed by atoms with van der Waals surface area (Å²) in [4.78, 5) is 7.08. The van der Waals surface area contributed by atoms with Gasteiger partial charge in [-0.2, -0.15) is 0 Å². The van der Waals surface area contributed by atoms with Crippen LogP contribution >= 0.6 is 0 Å². The molecular weight excluding hydrogens is 224 g/mol. The highest BCUT2D eigenvalue weighted by atomic mass is 15.2. The number of rotatable bonds is 6. The quantitative estimate of drug-likeness (QED) is 0.561. The second kappa shape index (κ2) is 10.2. The van der Waals surface area contributed by atoms with Crippen LogP contribution in [0.15, 0.2) is 4.99 Å². The van der Waals surface area contributed by atoms with Crippen molar-refractivity contribution in [2.75, 3.05) is 39.3 Å². The van der Waals surface area contributed by atoms with Gasteiger partial charge in [-0.15, -0.1) is 0 Å². The van der Waals surface area contributed by atoms with Crippen LogP contribution in [0.25, 0.3) is 0 Å². The van der Waals surface area contributed by atoms with Gasteiger partial charge in [-0.05, 0) is 39.3 Å². The van der Waals surface area contributed by atoms with Crippen molar-refractivity contribution in [2.45, 2.75) is 46.0 Å². The maximum atomic E-state index is 4.51. The molecule has 1 rings (SSSR count). The Labute approximate surface area is 112 Å². The van der Waals surface area contributed by atoms with E-state index in [1.54, 1.807) is 0 Å². The van der Waals surface area contributed by atoms with Gasteiger partial charge in [-0.3, -0.25) is 4.99 Å². The minimum absolute atomic E-state index is 0.902. The standard InChI is InChI=1S/C14H30N4/c1-3-9-16-14(15-4-2)17-10-13-18-11-7-5-6-8-12-18/h3-13H2,1-2H3,(H2,15,16,17). The van der Waals surface area contributed by atoms with Crippen molar-refractivity contribution in [3.63, 3.8) is 0 Å². The number of likely N-dealkylation sites (tertiary alicyclic amines) is 1. The Morgan fingerprint density at radius 1 is 1.06 bits per heavy atom. The summed E-state index contributed by atoms with van der Waals surface area (Å²) >= 11 is 0. The molecule has 0 radical (unpaired) electrons. The van der Waals surface area contributed by atoms with Gasteiger partial charge in [0.25, 0.3) is 0 Å². The molecule has 4 heteroatoms. The minimum atomic E-state index is 0.902. The maximum absolute atomic E-state index is 4.51.